The minimum absolute atomic E-state index is 0.220. The Kier molecular flexibility index (Phi) is 2.53. The third kappa shape index (κ3) is 1.19. The second-order valence-electron chi connectivity index (χ2n) is 4.71. The van der Waals surface area contributed by atoms with Gasteiger partial charge in [0.15, 0.2) is 5.60 Å². The quantitative estimate of drug-likeness (QED) is 0.675. The first-order valence-electron chi connectivity index (χ1n) is 5.84. The van der Waals surface area contributed by atoms with Gasteiger partial charge in [-0.05, 0) is 39.0 Å². The van der Waals surface area contributed by atoms with Crippen LogP contribution in [0.4, 0.5) is 0 Å². The lowest BCUT2D eigenvalue weighted by atomic mass is 9.73. The van der Waals surface area contributed by atoms with Crippen molar-refractivity contribution in [1.82, 2.24) is 0 Å². The van der Waals surface area contributed by atoms with Gasteiger partial charge in [0.05, 0.1) is 6.07 Å². The average molecular weight is 193 g/mol. The molecule has 0 amide bonds. The molecule has 2 nitrogen and oxygen atoms in total. The zero-order valence-corrected chi connectivity index (χ0v) is 9.01. The number of hydrogen-bond donors (Lipinski definition) is 0. The zero-order chi connectivity index (χ0) is 10.1. The molecule has 14 heavy (non-hydrogen) atoms. The van der Waals surface area contributed by atoms with Crippen molar-refractivity contribution in [2.75, 3.05) is 6.61 Å². The Hall–Kier alpha value is -0.550. The lowest BCUT2D eigenvalue weighted by molar-refractivity contribution is -0.0700. The second kappa shape index (κ2) is 3.55. The van der Waals surface area contributed by atoms with Gasteiger partial charge in [-0.25, -0.2) is 0 Å². The van der Waals surface area contributed by atoms with Gasteiger partial charge in [-0.1, -0.05) is 12.8 Å². The van der Waals surface area contributed by atoms with E-state index in [0.29, 0.717) is 6.61 Å². The van der Waals surface area contributed by atoms with Crippen molar-refractivity contribution in [3.63, 3.8) is 0 Å². The number of nitrogens with zero attached hydrogens (tertiary/aromatic N) is 1. The van der Waals surface area contributed by atoms with Crippen molar-refractivity contribution in [1.29, 1.82) is 5.26 Å². The molecule has 0 aliphatic heterocycles. The van der Waals surface area contributed by atoms with Crippen LogP contribution in [0.25, 0.3) is 0 Å². The van der Waals surface area contributed by atoms with Crippen LogP contribution < -0.4 is 0 Å². The molecule has 0 aromatic carbocycles. The summed E-state index contributed by atoms with van der Waals surface area (Å²) < 4.78 is 5.82. The summed E-state index contributed by atoms with van der Waals surface area (Å²) in [6, 6.07) is 2.49. The Morgan fingerprint density at radius 2 is 1.79 bits per heavy atom. The van der Waals surface area contributed by atoms with Crippen LogP contribution >= 0.6 is 0 Å². The molecule has 0 N–H and O–H groups in total. The summed E-state index contributed by atoms with van der Waals surface area (Å²) in [7, 11) is 0. The minimum atomic E-state index is -0.432. The summed E-state index contributed by atoms with van der Waals surface area (Å²) in [6.45, 7) is 2.68. The lowest BCUT2D eigenvalue weighted by Crippen LogP contribution is -2.43. The Labute approximate surface area is 86.2 Å². The van der Waals surface area contributed by atoms with E-state index in [2.05, 4.69) is 6.07 Å². The number of nitriles is 1. The molecule has 0 aromatic rings. The molecule has 2 rings (SSSR count). The van der Waals surface area contributed by atoms with Crippen molar-refractivity contribution in [3.05, 3.63) is 0 Å². The van der Waals surface area contributed by atoms with Crippen LogP contribution in [0.5, 0.6) is 0 Å². The average Bonchev–Trinajstić information content (AvgIpc) is 2.78. The second-order valence-corrected chi connectivity index (χ2v) is 4.71. The highest BCUT2D eigenvalue weighted by Crippen LogP contribution is 2.57. The fourth-order valence-electron chi connectivity index (χ4n) is 3.53. The fraction of sp³-hybridized carbons (Fsp3) is 0.917. The van der Waals surface area contributed by atoms with Crippen LogP contribution in [0.2, 0.25) is 0 Å². The molecule has 0 aromatic heterocycles. The molecule has 1 spiro atoms. The first kappa shape index (κ1) is 9.98. The SMILES string of the molecule is CCOC1(C#N)CCCC12CCCC2. The maximum atomic E-state index is 9.40. The topological polar surface area (TPSA) is 33.0 Å². The third-order valence-electron chi connectivity index (χ3n) is 4.17. The van der Waals surface area contributed by atoms with E-state index in [9.17, 15) is 5.26 Å². The third-order valence-corrected chi connectivity index (χ3v) is 4.17. The van der Waals surface area contributed by atoms with Crippen LogP contribution in [-0.2, 0) is 4.74 Å². The zero-order valence-electron chi connectivity index (χ0n) is 9.01. The molecule has 78 valence electrons. The van der Waals surface area contributed by atoms with Gasteiger partial charge in [0.25, 0.3) is 0 Å². The molecular formula is C12H19NO. The summed E-state index contributed by atoms with van der Waals surface area (Å²) in [6.07, 6.45) is 8.33. The van der Waals surface area contributed by atoms with Gasteiger partial charge in [0.1, 0.15) is 0 Å². The van der Waals surface area contributed by atoms with Crippen molar-refractivity contribution in [2.45, 2.75) is 57.5 Å². The standard InChI is InChI=1S/C12H19NO/c1-2-14-12(10-13)9-5-8-11(12)6-3-4-7-11/h2-9H2,1H3. The van der Waals surface area contributed by atoms with Crippen molar-refractivity contribution < 1.29 is 4.74 Å². The van der Waals surface area contributed by atoms with E-state index in [4.69, 9.17) is 4.74 Å². The van der Waals surface area contributed by atoms with Crippen LogP contribution in [-0.4, -0.2) is 12.2 Å². The van der Waals surface area contributed by atoms with Gasteiger partial charge >= 0.3 is 0 Å². The largest absolute Gasteiger partial charge is 0.360 e. The Morgan fingerprint density at radius 3 is 2.36 bits per heavy atom. The van der Waals surface area contributed by atoms with Gasteiger partial charge in [-0.2, -0.15) is 5.26 Å². The van der Waals surface area contributed by atoms with E-state index in [1.807, 2.05) is 6.92 Å². The van der Waals surface area contributed by atoms with Crippen LogP contribution in [0, 0.1) is 16.7 Å². The van der Waals surface area contributed by atoms with Crippen LogP contribution in [0.3, 0.4) is 0 Å². The first-order valence-corrected chi connectivity index (χ1v) is 5.84. The normalized spacial score (nSPS) is 34.9. The predicted molar refractivity (Wildman–Crippen MR) is 54.7 cm³/mol. The number of hydrogen-bond acceptors (Lipinski definition) is 2. The summed E-state index contributed by atoms with van der Waals surface area (Å²) in [5, 5.41) is 9.40. The Morgan fingerprint density at radius 1 is 1.14 bits per heavy atom. The van der Waals surface area contributed by atoms with Crippen molar-refractivity contribution in [3.8, 4) is 6.07 Å². The lowest BCUT2D eigenvalue weighted by Gasteiger charge is -2.38. The highest BCUT2D eigenvalue weighted by atomic mass is 16.5. The highest BCUT2D eigenvalue weighted by molar-refractivity contribution is 5.18. The molecule has 0 saturated heterocycles. The predicted octanol–water partition coefficient (Wildman–Crippen LogP) is 3.03. The molecule has 2 saturated carbocycles. The smallest absolute Gasteiger partial charge is 0.159 e. The van der Waals surface area contributed by atoms with E-state index >= 15 is 0 Å². The van der Waals surface area contributed by atoms with E-state index in [-0.39, 0.29) is 5.41 Å². The van der Waals surface area contributed by atoms with Gasteiger partial charge < -0.3 is 4.74 Å². The molecular weight excluding hydrogens is 174 g/mol. The maximum absolute atomic E-state index is 9.40. The highest BCUT2D eigenvalue weighted by Gasteiger charge is 2.57. The Balaban J connectivity index is 2.27. The van der Waals surface area contributed by atoms with Crippen LogP contribution in [0.1, 0.15) is 51.9 Å². The van der Waals surface area contributed by atoms with Gasteiger partial charge in [0, 0.05) is 12.0 Å². The monoisotopic (exact) mass is 193 g/mol. The molecule has 1 atom stereocenters. The van der Waals surface area contributed by atoms with E-state index in [1.54, 1.807) is 0 Å². The van der Waals surface area contributed by atoms with Crippen molar-refractivity contribution >= 4 is 0 Å². The first-order chi connectivity index (χ1) is 6.79. The van der Waals surface area contributed by atoms with Gasteiger partial charge in [-0.3, -0.25) is 0 Å². The van der Waals surface area contributed by atoms with E-state index < -0.39 is 5.60 Å². The fourth-order valence-corrected chi connectivity index (χ4v) is 3.53. The van der Waals surface area contributed by atoms with Crippen molar-refractivity contribution in [2.24, 2.45) is 5.41 Å². The minimum Gasteiger partial charge on any atom is -0.360 e. The number of ether oxygens (including phenoxy) is 1. The maximum Gasteiger partial charge on any atom is 0.159 e. The summed E-state index contributed by atoms with van der Waals surface area (Å²) >= 11 is 0. The molecule has 2 aliphatic rings. The van der Waals surface area contributed by atoms with Gasteiger partial charge in [0.2, 0.25) is 0 Å². The summed E-state index contributed by atoms with van der Waals surface area (Å²) in [5.74, 6) is 0. The van der Waals surface area contributed by atoms with Crippen LogP contribution in [0.15, 0.2) is 0 Å². The molecule has 0 heterocycles. The summed E-state index contributed by atoms with van der Waals surface area (Å²) in [4.78, 5) is 0. The van der Waals surface area contributed by atoms with E-state index in [0.717, 1.165) is 6.42 Å². The molecule has 2 aliphatic carbocycles. The Bertz CT molecular complexity index is 244. The molecule has 1 unspecified atom stereocenters. The molecule has 2 fully saturated rings. The molecule has 0 bridgehead atoms. The van der Waals surface area contributed by atoms with E-state index in [1.165, 1.54) is 38.5 Å². The number of rotatable bonds is 2. The molecule has 0 radical (unpaired) electrons. The molecule has 2 heteroatoms. The summed E-state index contributed by atoms with van der Waals surface area (Å²) in [5.41, 5.74) is -0.212. The van der Waals surface area contributed by atoms with Gasteiger partial charge in [-0.15, -0.1) is 0 Å².